The van der Waals surface area contributed by atoms with Crippen molar-refractivity contribution in [2.45, 2.75) is 30.6 Å². The summed E-state index contributed by atoms with van der Waals surface area (Å²) in [6.07, 6.45) is 2.72. The number of hydrogen-bond acceptors (Lipinski definition) is 6. The molecule has 8 heteroatoms. The van der Waals surface area contributed by atoms with Crippen LogP contribution in [0.4, 0.5) is 4.79 Å². The van der Waals surface area contributed by atoms with Crippen molar-refractivity contribution in [2.24, 2.45) is 0 Å². The van der Waals surface area contributed by atoms with Gasteiger partial charge in [0, 0.05) is 29.3 Å². The molecule has 0 aromatic carbocycles. The van der Waals surface area contributed by atoms with Crippen LogP contribution >= 0.6 is 34.4 Å². The van der Waals surface area contributed by atoms with Gasteiger partial charge in [-0.25, -0.2) is 14.8 Å². The van der Waals surface area contributed by atoms with E-state index in [9.17, 15) is 4.79 Å². The van der Waals surface area contributed by atoms with Crippen molar-refractivity contribution < 1.29 is 4.79 Å². The summed E-state index contributed by atoms with van der Waals surface area (Å²) in [6, 6.07) is -0.216. The van der Waals surface area contributed by atoms with Crippen LogP contribution in [0.3, 0.4) is 0 Å². The fraction of sp³-hybridized carbons (Fsp3) is 0.462. The first-order chi connectivity index (χ1) is 10.1. The third-order valence-electron chi connectivity index (χ3n) is 2.67. The second kappa shape index (κ2) is 8.35. The number of nitrogens with one attached hydrogen (secondary N) is 2. The van der Waals surface area contributed by atoms with Crippen molar-refractivity contribution in [1.29, 1.82) is 0 Å². The Morgan fingerprint density at radius 3 is 3.00 bits per heavy atom. The Labute approximate surface area is 136 Å². The fourth-order valence-electron chi connectivity index (χ4n) is 1.62. The number of hydrogen-bond donors (Lipinski definition) is 2. The van der Waals surface area contributed by atoms with Gasteiger partial charge in [0.1, 0.15) is 4.34 Å². The maximum absolute atomic E-state index is 11.8. The zero-order chi connectivity index (χ0) is 15.1. The van der Waals surface area contributed by atoms with E-state index in [-0.39, 0.29) is 12.1 Å². The number of aromatic nitrogens is 2. The Morgan fingerprint density at radius 2 is 2.33 bits per heavy atom. The van der Waals surface area contributed by atoms with Crippen LogP contribution < -0.4 is 10.6 Å². The zero-order valence-corrected chi connectivity index (χ0v) is 14.4. The molecule has 2 amide bonds. The van der Waals surface area contributed by atoms with Crippen molar-refractivity contribution in [2.75, 3.05) is 12.3 Å². The molecule has 114 valence electrons. The van der Waals surface area contributed by atoms with Gasteiger partial charge in [0.2, 0.25) is 0 Å². The first kappa shape index (κ1) is 16.3. The summed E-state index contributed by atoms with van der Waals surface area (Å²) in [5, 5.41) is 10.7. The van der Waals surface area contributed by atoms with Crippen molar-refractivity contribution in [3.8, 4) is 0 Å². The number of thiazole rings is 2. The molecule has 0 aliphatic rings. The number of nitrogens with zero attached hydrogens (tertiary/aromatic N) is 2. The van der Waals surface area contributed by atoms with Gasteiger partial charge in [0.05, 0.1) is 16.7 Å². The molecule has 1 atom stereocenters. The van der Waals surface area contributed by atoms with Gasteiger partial charge in [-0.3, -0.25) is 0 Å². The van der Waals surface area contributed by atoms with E-state index >= 15 is 0 Å². The van der Waals surface area contributed by atoms with Crippen LogP contribution in [-0.2, 0) is 0 Å². The molecule has 5 nitrogen and oxygen atoms in total. The van der Waals surface area contributed by atoms with Crippen molar-refractivity contribution in [3.05, 3.63) is 27.7 Å². The Bertz CT molecular complexity index is 556. The van der Waals surface area contributed by atoms with E-state index in [4.69, 9.17) is 0 Å². The molecule has 2 aromatic heterocycles. The minimum Gasteiger partial charge on any atom is -0.338 e. The van der Waals surface area contributed by atoms with Crippen LogP contribution in [0.15, 0.2) is 21.3 Å². The summed E-state index contributed by atoms with van der Waals surface area (Å²) in [5.41, 5.74) is 0.909. The van der Waals surface area contributed by atoms with Crippen LogP contribution in [0.1, 0.15) is 30.1 Å². The lowest BCUT2D eigenvalue weighted by atomic mass is 10.3. The first-order valence-electron chi connectivity index (χ1n) is 6.64. The van der Waals surface area contributed by atoms with E-state index in [1.165, 1.54) is 0 Å². The summed E-state index contributed by atoms with van der Waals surface area (Å²) >= 11 is 4.95. The third-order valence-corrected chi connectivity index (χ3v) is 5.51. The lowest BCUT2D eigenvalue weighted by molar-refractivity contribution is 0.238. The second-order valence-corrected chi connectivity index (χ2v) is 7.71. The summed E-state index contributed by atoms with van der Waals surface area (Å²) in [4.78, 5) is 20.3. The van der Waals surface area contributed by atoms with E-state index in [2.05, 4.69) is 20.6 Å². The summed E-state index contributed by atoms with van der Waals surface area (Å²) in [6.45, 7) is 4.56. The van der Waals surface area contributed by atoms with Crippen LogP contribution in [0.2, 0.25) is 0 Å². The smallest absolute Gasteiger partial charge is 0.315 e. The molecular weight excluding hydrogens is 324 g/mol. The summed E-state index contributed by atoms with van der Waals surface area (Å²) in [7, 11) is 0. The summed E-state index contributed by atoms with van der Waals surface area (Å²) in [5.74, 6) is 0.953. The molecule has 21 heavy (non-hydrogen) atoms. The number of aryl methyl sites for hydroxylation is 1. The van der Waals surface area contributed by atoms with Gasteiger partial charge in [0.15, 0.2) is 0 Å². The Hall–Kier alpha value is -1.12. The molecule has 0 radical (unpaired) electrons. The van der Waals surface area contributed by atoms with E-state index in [1.54, 1.807) is 40.6 Å². The Kier molecular flexibility index (Phi) is 6.47. The molecule has 0 spiro atoms. The summed E-state index contributed by atoms with van der Waals surface area (Å²) < 4.78 is 1.08. The van der Waals surface area contributed by atoms with Crippen molar-refractivity contribution >= 4 is 40.5 Å². The van der Waals surface area contributed by atoms with Crippen LogP contribution in [0.25, 0.3) is 0 Å². The molecule has 2 N–H and O–H groups in total. The monoisotopic (exact) mass is 342 g/mol. The maximum Gasteiger partial charge on any atom is 0.315 e. The highest BCUT2D eigenvalue weighted by molar-refractivity contribution is 8.00. The Morgan fingerprint density at radius 1 is 1.48 bits per heavy atom. The molecule has 0 unspecified atom stereocenters. The van der Waals surface area contributed by atoms with Gasteiger partial charge in [-0.15, -0.1) is 22.7 Å². The SMILES string of the molecule is Cc1nc([C@H](C)NC(=O)NCCCSc2nccs2)cs1. The number of thioether (sulfide) groups is 1. The number of amides is 2. The van der Waals surface area contributed by atoms with Gasteiger partial charge < -0.3 is 10.6 Å². The Balaban J connectivity index is 1.59. The predicted molar refractivity (Wildman–Crippen MR) is 89.3 cm³/mol. The van der Waals surface area contributed by atoms with Gasteiger partial charge in [0.25, 0.3) is 0 Å². The number of rotatable bonds is 7. The molecule has 0 fully saturated rings. The minimum absolute atomic E-state index is 0.0698. The molecule has 2 heterocycles. The van der Waals surface area contributed by atoms with Crippen LogP contribution in [0.5, 0.6) is 0 Å². The average molecular weight is 343 g/mol. The fourth-order valence-corrected chi connectivity index (χ4v) is 3.97. The highest BCUT2D eigenvalue weighted by atomic mass is 32.2. The van der Waals surface area contributed by atoms with Crippen molar-refractivity contribution in [3.63, 3.8) is 0 Å². The highest BCUT2D eigenvalue weighted by Crippen LogP contribution is 2.20. The number of carbonyl (C=O) groups is 1. The topological polar surface area (TPSA) is 66.9 Å². The first-order valence-corrected chi connectivity index (χ1v) is 9.38. The lowest BCUT2D eigenvalue weighted by Gasteiger charge is -2.12. The molecule has 0 saturated carbocycles. The van der Waals surface area contributed by atoms with E-state index in [1.807, 2.05) is 24.6 Å². The second-order valence-electron chi connectivity index (χ2n) is 4.41. The standard InChI is InChI=1S/C13H18N4OS3/c1-9(11-8-21-10(2)17-11)16-12(18)14-4-3-6-19-13-15-5-7-20-13/h5,7-9H,3-4,6H2,1-2H3,(H2,14,16,18)/t9-/m0/s1. The normalized spacial score (nSPS) is 12.1. The molecule has 0 aliphatic heterocycles. The largest absolute Gasteiger partial charge is 0.338 e. The highest BCUT2D eigenvalue weighted by Gasteiger charge is 2.11. The average Bonchev–Trinajstić information content (AvgIpc) is 3.09. The molecule has 2 rings (SSSR count). The molecular formula is C13H18N4OS3. The number of urea groups is 1. The van der Waals surface area contributed by atoms with E-state index in [0.29, 0.717) is 6.54 Å². The lowest BCUT2D eigenvalue weighted by Crippen LogP contribution is -2.37. The number of carbonyl (C=O) groups excluding carboxylic acids is 1. The quantitative estimate of drug-likeness (QED) is 0.597. The molecule has 0 aliphatic carbocycles. The third kappa shape index (κ3) is 5.64. The molecule has 2 aromatic rings. The predicted octanol–water partition coefficient (Wildman–Crippen LogP) is 3.45. The molecule has 0 saturated heterocycles. The van der Waals surface area contributed by atoms with Gasteiger partial charge in [-0.2, -0.15) is 0 Å². The van der Waals surface area contributed by atoms with Crippen LogP contribution in [-0.4, -0.2) is 28.3 Å². The zero-order valence-electron chi connectivity index (χ0n) is 12.0. The van der Waals surface area contributed by atoms with E-state index < -0.39 is 0 Å². The van der Waals surface area contributed by atoms with Gasteiger partial charge in [-0.1, -0.05) is 11.8 Å². The maximum atomic E-state index is 11.8. The van der Waals surface area contributed by atoms with Crippen LogP contribution in [0, 0.1) is 6.92 Å². The van der Waals surface area contributed by atoms with E-state index in [0.717, 1.165) is 27.2 Å². The minimum atomic E-state index is -0.146. The molecule has 0 bridgehead atoms. The van der Waals surface area contributed by atoms with Gasteiger partial charge >= 0.3 is 6.03 Å². The van der Waals surface area contributed by atoms with Crippen molar-refractivity contribution in [1.82, 2.24) is 20.6 Å². The van der Waals surface area contributed by atoms with Gasteiger partial charge in [-0.05, 0) is 20.3 Å².